The highest BCUT2D eigenvalue weighted by atomic mass is 16.5. The predicted molar refractivity (Wildman–Crippen MR) is 60.1 cm³/mol. The second-order valence-electron chi connectivity index (χ2n) is 4.96. The highest BCUT2D eigenvalue weighted by Gasteiger charge is 2.36. The maximum atomic E-state index is 11.5. The molecule has 0 spiro atoms. The van der Waals surface area contributed by atoms with Crippen molar-refractivity contribution in [1.29, 1.82) is 0 Å². The van der Waals surface area contributed by atoms with Crippen LogP contribution in [0.2, 0.25) is 0 Å². The van der Waals surface area contributed by atoms with Crippen LogP contribution in [0.15, 0.2) is 0 Å². The van der Waals surface area contributed by atoms with Gasteiger partial charge in [-0.15, -0.1) is 0 Å². The fourth-order valence-corrected chi connectivity index (χ4v) is 2.75. The Morgan fingerprint density at radius 3 is 2.94 bits per heavy atom. The van der Waals surface area contributed by atoms with E-state index >= 15 is 0 Å². The number of carbonyl (C=O) groups is 1. The second kappa shape index (κ2) is 5.15. The zero-order chi connectivity index (χ0) is 11.5. The first-order valence-electron chi connectivity index (χ1n) is 6.12. The smallest absolute Gasteiger partial charge is 0.310 e. The summed E-state index contributed by atoms with van der Waals surface area (Å²) in [5.41, 5.74) is 0. The van der Waals surface area contributed by atoms with Gasteiger partial charge in [-0.1, -0.05) is 6.92 Å². The van der Waals surface area contributed by atoms with Gasteiger partial charge in [0.25, 0.3) is 0 Å². The Morgan fingerprint density at radius 2 is 2.31 bits per heavy atom. The minimum absolute atomic E-state index is 0.0476. The molecule has 92 valence electrons. The molecule has 4 heteroatoms. The third kappa shape index (κ3) is 2.55. The number of likely N-dealkylation sites (tertiary alicyclic amines) is 1. The van der Waals surface area contributed by atoms with E-state index in [0.717, 1.165) is 32.7 Å². The molecule has 0 aromatic carbocycles. The van der Waals surface area contributed by atoms with Gasteiger partial charge in [0, 0.05) is 26.2 Å². The van der Waals surface area contributed by atoms with Gasteiger partial charge in [0.1, 0.15) is 0 Å². The van der Waals surface area contributed by atoms with E-state index in [1.165, 1.54) is 13.5 Å². The molecule has 2 fully saturated rings. The third-order valence-electron chi connectivity index (χ3n) is 3.68. The lowest BCUT2D eigenvalue weighted by molar-refractivity contribution is -0.146. The third-order valence-corrected chi connectivity index (χ3v) is 3.68. The standard InChI is InChI=1S/C12H21NO3/c1-9-6-13(7-10-4-3-5-16-10)8-11(9)12(14)15-2/h9-11H,3-8H2,1-2H3. The minimum Gasteiger partial charge on any atom is -0.469 e. The lowest BCUT2D eigenvalue weighted by Gasteiger charge is -2.19. The average molecular weight is 227 g/mol. The molecular formula is C12H21NO3. The maximum Gasteiger partial charge on any atom is 0.310 e. The molecule has 2 saturated heterocycles. The van der Waals surface area contributed by atoms with Crippen LogP contribution in [-0.4, -0.2) is 50.3 Å². The van der Waals surface area contributed by atoms with E-state index in [4.69, 9.17) is 9.47 Å². The molecule has 3 unspecified atom stereocenters. The predicted octanol–water partition coefficient (Wildman–Crippen LogP) is 0.906. The van der Waals surface area contributed by atoms with Gasteiger partial charge in [-0.2, -0.15) is 0 Å². The first-order chi connectivity index (χ1) is 7.70. The first-order valence-corrected chi connectivity index (χ1v) is 6.12. The van der Waals surface area contributed by atoms with Crippen molar-refractivity contribution in [1.82, 2.24) is 4.90 Å². The average Bonchev–Trinajstić information content (AvgIpc) is 2.88. The van der Waals surface area contributed by atoms with Crippen LogP contribution in [0, 0.1) is 11.8 Å². The molecule has 2 rings (SSSR count). The summed E-state index contributed by atoms with van der Waals surface area (Å²) in [5, 5.41) is 0. The van der Waals surface area contributed by atoms with Crippen molar-refractivity contribution < 1.29 is 14.3 Å². The van der Waals surface area contributed by atoms with Crippen molar-refractivity contribution in [2.24, 2.45) is 11.8 Å². The van der Waals surface area contributed by atoms with Gasteiger partial charge < -0.3 is 9.47 Å². The summed E-state index contributed by atoms with van der Waals surface area (Å²) in [6.07, 6.45) is 2.71. The van der Waals surface area contributed by atoms with Crippen molar-refractivity contribution in [2.75, 3.05) is 33.4 Å². The summed E-state index contributed by atoms with van der Waals surface area (Å²) >= 11 is 0. The fourth-order valence-electron chi connectivity index (χ4n) is 2.75. The van der Waals surface area contributed by atoms with Crippen LogP contribution < -0.4 is 0 Å². The quantitative estimate of drug-likeness (QED) is 0.672. The molecule has 2 heterocycles. The van der Waals surface area contributed by atoms with Crippen molar-refractivity contribution in [3.05, 3.63) is 0 Å². The monoisotopic (exact) mass is 227 g/mol. The molecule has 0 radical (unpaired) electrons. The molecule has 0 saturated carbocycles. The molecule has 4 nitrogen and oxygen atoms in total. The van der Waals surface area contributed by atoms with E-state index in [2.05, 4.69) is 11.8 Å². The van der Waals surface area contributed by atoms with Crippen LogP contribution in [0.4, 0.5) is 0 Å². The number of esters is 1. The van der Waals surface area contributed by atoms with Crippen LogP contribution in [0.1, 0.15) is 19.8 Å². The van der Waals surface area contributed by atoms with Crippen molar-refractivity contribution in [3.8, 4) is 0 Å². The van der Waals surface area contributed by atoms with E-state index in [1.807, 2.05) is 0 Å². The molecule has 0 aliphatic carbocycles. The van der Waals surface area contributed by atoms with Gasteiger partial charge >= 0.3 is 5.97 Å². The Labute approximate surface area is 96.9 Å². The zero-order valence-electron chi connectivity index (χ0n) is 10.1. The van der Waals surface area contributed by atoms with Gasteiger partial charge in [0.2, 0.25) is 0 Å². The summed E-state index contributed by atoms with van der Waals surface area (Å²) in [6.45, 7) is 5.80. The Balaban J connectivity index is 1.83. The van der Waals surface area contributed by atoms with Gasteiger partial charge in [0.05, 0.1) is 19.1 Å². The number of rotatable bonds is 3. The zero-order valence-corrected chi connectivity index (χ0v) is 10.1. The second-order valence-corrected chi connectivity index (χ2v) is 4.96. The number of methoxy groups -OCH3 is 1. The van der Waals surface area contributed by atoms with Crippen LogP contribution >= 0.6 is 0 Å². The van der Waals surface area contributed by atoms with Gasteiger partial charge in [0.15, 0.2) is 0 Å². The van der Waals surface area contributed by atoms with Crippen molar-refractivity contribution >= 4 is 5.97 Å². The van der Waals surface area contributed by atoms with Crippen LogP contribution in [0.3, 0.4) is 0 Å². The topological polar surface area (TPSA) is 38.8 Å². The molecular weight excluding hydrogens is 206 g/mol. The Kier molecular flexibility index (Phi) is 3.82. The van der Waals surface area contributed by atoms with Crippen LogP contribution in [0.25, 0.3) is 0 Å². The van der Waals surface area contributed by atoms with Gasteiger partial charge in [-0.3, -0.25) is 9.69 Å². The number of hydrogen-bond donors (Lipinski definition) is 0. The van der Waals surface area contributed by atoms with Crippen LogP contribution in [0.5, 0.6) is 0 Å². The van der Waals surface area contributed by atoms with E-state index in [-0.39, 0.29) is 11.9 Å². The van der Waals surface area contributed by atoms with Gasteiger partial charge in [-0.05, 0) is 18.8 Å². The highest BCUT2D eigenvalue weighted by Crippen LogP contribution is 2.25. The molecule has 0 amide bonds. The van der Waals surface area contributed by atoms with E-state index in [1.54, 1.807) is 0 Å². The number of nitrogens with zero attached hydrogens (tertiary/aromatic N) is 1. The SMILES string of the molecule is COC(=O)C1CN(CC2CCCO2)CC1C. The summed E-state index contributed by atoms with van der Waals surface area (Å²) in [6, 6.07) is 0. The number of ether oxygens (including phenoxy) is 2. The first kappa shape index (κ1) is 11.9. The molecule has 3 atom stereocenters. The van der Waals surface area contributed by atoms with E-state index < -0.39 is 0 Å². The maximum absolute atomic E-state index is 11.5. The summed E-state index contributed by atoms with van der Waals surface area (Å²) in [4.78, 5) is 13.9. The molecule has 0 aromatic rings. The number of carbonyl (C=O) groups excluding carboxylic acids is 1. The minimum atomic E-state index is -0.0673. The molecule has 0 bridgehead atoms. The summed E-state index contributed by atoms with van der Waals surface area (Å²) in [7, 11) is 1.47. The summed E-state index contributed by atoms with van der Waals surface area (Å²) < 4.78 is 10.4. The lowest BCUT2D eigenvalue weighted by atomic mass is 9.99. The largest absolute Gasteiger partial charge is 0.469 e. The summed E-state index contributed by atoms with van der Waals surface area (Å²) in [5.74, 6) is 0.377. The van der Waals surface area contributed by atoms with Crippen molar-refractivity contribution in [3.63, 3.8) is 0 Å². The molecule has 0 N–H and O–H groups in total. The van der Waals surface area contributed by atoms with E-state index in [9.17, 15) is 4.79 Å². The van der Waals surface area contributed by atoms with Crippen LogP contribution in [-0.2, 0) is 14.3 Å². The van der Waals surface area contributed by atoms with Gasteiger partial charge in [-0.25, -0.2) is 0 Å². The highest BCUT2D eigenvalue weighted by molar-refractivity contribution is 5.73. The Hall–Kier alpha value is -0.610. The Morgan fingerprint density at radius 1 is 1.50 bits per heavy atom. The number of hydrogen-bond acceptors (Lipinski definition) is 4. The molecule has 0 aromatic heterocycles. The normalized spacial score (nSPS) is 35.5. The van der Waals surface area contributed by atoms with Crippen molar-refractivity contribution in [2.45, 2.75) is 25.9 Å². The lowest BCUT2D eigenvalue weighted by Crippen LogP contribution is -2.31. The Bertz CT molecular complexity index is 251. The molecule has 2 aliphatic heterocycles. The van der Waals surface area contributed by atoms with E-state index in [0.29, 0.717) is 12.0 Å². The molecule has 16 heavy (non-hydrogen) atoms. The fraction of sp³-hybridized carbons (Fsp3) is 0.917. The molecule has 2 aliphatic rings.